The molecule has 0 aromatic carbocycles. The summed E-state index contributed by atoms with van der Waals surface area (Å²) in [5, 5.41) is 14.8. The van der Waals surface area contributed by atoms with Crippen LogP contribution in [-0.4, -0.2) is 62.5 Å². The van der Waals surface area contributed by atoms with Crippen molar-refractivity contribution in [3.63, 3.8) is 0 Å². The number of nitrogens with zero attached hydrogens (tertiary/aromatic N) is 3. The zero-order valence-electron chi connectivity index (χ0n) is 14.3. The number of carboxylic acids is 2. The summed E-state index contributed by atoms with van der Waals surface area (Å²) in [5.74, 6) is -2.97. The standard InChI is InChI=1S/C14H21N3OS.C2H2O4/c1-3-4-5-6-10-18-14-13(15-19-16-14)12-8-7-9-17(2)11-12;3-1(4)2(5)6/h5-6,8H,3-4,7,9-11H2,1-2H3;(H,3,4)(H,5,6). The molecule has 0 saturated heterocycles. The van der Waals surface area contributed by atoms with E-state index in [1.54, 1.807) is 0 Å². The molecule has 0 spiro atoms. The Labute approximate surface area is 150 Å². The smallest absolute Gasteiger partial charge is 0.414 e. The molecule has 1 aliphatic rings. The average Bonchev–Trinajstić information content (AvgIpc) is 3.03. The summed E-state index contributed by atoms with van der Waals surface area (Å²) in [6.07, 6.45) is 9.78. The van der Waals surface area contributed by atoms with Crippen LogP contribution < -0.4 is 4.74 Å². The van der Waals surface area contributed by atoms with Crippen LogP contribution in [0.2, 0.25) is 0 Å². The van der Waals surface area contributed by atoms with Crippen molar-refractivity contribution >= 4 is 29.2 Å². The van der Waals surface area contributed by atoms with Crippen LogP contribution in [0.5, 0.6) is 5.88 Å². The van der Waals surface area contributed by atoms with Crippen molar-refractivity contribution < 1.29 is 24.5 Å². The van der Waals surface area contributed by atoms with Crippen molar-refractivity contribution in [1.29, 1.82) is 0 Å². The number of carbonyl (C=O) groups is 2. The number of likely N-dealkylation sites (N-methyl/N-ethyl adjacent to an activating group) is 1. The number of ether oxygens (including phenoxy) is 1. The first-order valence-corrected chi connectivity index (χ1v) is 8.63. The van der Waals surface area contributed by atoms with E-state index in [1.807, 2.05) is 6.08 Å². The zero-order valence-corrected chi connectivity index (χ0v) is 15.2. The first kappa shape index (κ1) is 20.8. The SMILES string of the molecule is CCCC=CCOc1nsnc1C1=CCCN(C)C1.O=C(O)C(=O)O. The molecule has 2 N–H and O–H groups in total. The third kappa shape index (κ3) is 7.90. The summed E-state index contributed by atoms with van der Waals surface area (Å²) in [5.41, 5.74) is 2.15. The van der Waals surface area contributed by atoms with E-state index in [0.29, 0.717) is 12.5 Å². The second-order valence-corrected chi connectivity index (χ2v) is 5.88. The number of hydrogen-bond acceptors (Lipinski definition) is 7. The summed E-state index contributed by atoms with van der Waals surface area (Å²) >= 11 is 1.22. The van der Waals surface area contributed by atoms with Gasteiger partial charge in [-0.1, -0.05) is 31.6 Å². The van der Waals surface area contributed by atoms with Gasteiger partial charge >= 0.3 is 11.9 Å². The summed E-state index contributed by atoms with van der Waals surface area (Å²) in [7, 11) is 2.13. The molecule has 1 aromatic heterocycles. The second-order valence-electron chi connectivity index (χ2n) is 5.36. The Morgan fingerprint density at radius 3 is 2.64 bits per heavy atom. The lowest BCUT2D eigenvalue weighted by Gasteiger charge is -2.21. The predicted molar refractivity (Wildman–Crippen MR) is 94.8 cm³/mol. The normalized spacial score (nSPS) is 14.6. The molecule has 8 nitrogen and oxygen atoms in total. The van der Waals surface area contributed by atoms with Gasteiger partial charge in [-0.2, -0.15) is 4.37 Å². The average molecular weight is 369 g/mol. The molecular weight excluding hydrogens is 346 g/mol. The van der Waals surface area contributed by atoms with Crippen molar-refractivity contribution in [2.75, 3.05) is 26.7 Å². The number of aliphatic carboxylic acids is 2. The summed E-state index contributed by atoms with van der Waals surface area (Å²) in [6.45, 7) is 4.77. The Hall–Kier alpha value is -2.26. The molecular formula is C16H23N3O5S. The topological polar surface area (TPSA) is 113 Å². The van der Waals surface area contributed by atoms with Crippen LogP contribution in [0.15, 0.2) is 18.2 Å². The van der Waals surface area contributed by atoms with Crippen LogP contribution in [0, 0.1) is 0 Å². The fourth-order valence-electron chi connectivity index (χ4n) is 2.02. The van der Waals surface area contributed by atoms with Crippen LogP contribution >= 0.6 is 11.7 Å². The lowest BCUT2D eigenvalue weighted by molar-refractivity contribution is -0.159. The van der Waals surface area contributed by atoms with Crippen LogP contribution in [0.3, 0.4) is 0 Å². The molecule has 0 unspecified atom stereocenters. The minimum Gasteiger partial charge on any atom is -0.473 e. The van der Waals surface area contributed by atoms with Gasteiger partial charge in [-0.15, -0.1) is 4.37 Å². The van der Waals surface area contributed by atoms with E-state index in [4.69, 9.17) is 24.5 Å². The van der Waals surface area contributed by atoms with Crippen LogP contribution in [0.4, 0.5) is 0 Å². The van der Waals surface area contributed by atoms with Gasteiger partial charge in [0.05, 0.1) is 11.7 Å². The van der Waals surface area contributed by atoms with Gasteiger partial charge in [0, 0.05) is 13.1 Å². The van der Waals surface area contributed by atoms with E-state index in [2.05, 4.69) is 39.8 Å². The highest BCUT2D eigenvalue weighted by atomic mass is 32.1. The molecule has 9 heteroatoms. The van der Waals surface area contributed by atoms with Gasteiger partial charge in [0.15, 0.2) is 0 Å². The monoisotopic (exact) mass is 369 g/mol. The second kappa shape index (κ2) is 11.3. The molecule has 0 radical (unpaired) electrons. The van der Waals surface area contributed by atoms with Crippen molar-refractivity contribution in [2.24, 2.45) is 0 Å². The molecule has 25 heavy (non-hydrogen) atoms. The van der Waals surface area contributed by atoms with Crippen molar-refractivity contribution in [3.05, 3.63) is 23.9 Å². The lowest BCUT2D eigenvalue weighted by atomic mass is 10.1. The van der Waals surface area contributed by atoms with Gasteiger partial charge in [-0.3, -0.25) is 0 Å². The number of rotatable bonds is 6. The number of hydrogen-bond donors (Lipinski definition) is 2. The Balaban J connectivity index is 0.000000450. The van der Waals surface area contributed by atoms with Gasteiger partial charge in [-0.25, -0.2) is 9.59 Å². The van der Waals surface area contributed by atoms with Crippen molar-refractivity contribution in [3.8, 4) is 5.88 Å². The Morgan fingerprint density at radius 2 is 2.04 bits per heavy atom. The fourth-order valence-corrected chi connectivity index (χ4v) is 2.55. The Bertz CT molecular complexity index is 615. The molecule has 0 amide bonds. The van der Waals surface area contributed by atoms with Gasteiger partial charge in [0.1, 0.15) is 12.3 Å². The summed E-state index contributed by atoms with van der Waals surface area (Å²) in [4.78, 5) is 20.5. The van der Waals surface area contributed by atoms with E-state index in [9.17, 15) is 0 Å². The van der Waals surface area contributed by atoms with Crippen LogP contribution in [0.1, 0.15) is 31.9 Å². The number of allylic oxidation sites excluding steroid dienone is 1. The fraction of sp³-hybridized carbons (Fsp3) is 0.500. The largest absolute Gasteiger partial charge is 0.473 e. The van der Waals surface area contributed by atoms with Crippen molar-refractivity contribution in [2.45, 2.75) is 26.2 Å². The lowest BCUT2D eigenvalue weighted by Crippen LogP contribution is -2.25. The maximum Gasteiger partial charge on any atom is 0.414 e. The van der Waals surface area contributed by atoms with Gasteiger partial charge in [0.2, 0.25) is 0 Å². The quantitative estimate of drug-likeness (QED) is 0.579. The third-order valence-corrected chi connectivity index (χ3v) is 3.74. The minimum absolute atomic E-state index is 0.571. The molecule has 2 rings (SSSR count). The Morgan fingerprint density at radius 1 is 1.32 bits per heavy atom. The highest BCUT2D eigenvalue weighted by Crippen LogP contribution is 2.26. The highest BCUT2D eigenvalue weighted by Gasteiger charge is 2.18. The van der Waals surface area contributed by atoms with Crippen LogP contribution in [-0.2, 0) is 9.59 Å². The van der Waals surface area contributed by atoms with E-state index in [1.165, 1.54) is 23.7 Å². The first-order valence-electron chi connectivity index (χ1n) is 7.90. The molecule has 0 bridgehead atoms. The predicted octanol–water partition coefficient (Wildman–Crippen LogP) is 2.15. The Kier molecular flexibility index (Phi) is 9.41. The molecule has 1 aliphatic heterocycles. The first-order chi connectivity index (χ1) is 12.0. The summed E-state index contributed by atoms with van der Waals surface area (Å²) in [6, 6.07) is 0. The molecule has 0 fully saturated rings. The molecule has 0 aliphatic carbocycles. The highest BCUT2D eigenvalue weighted by molar-refractivity contribution is 6.99. The molecule has 0 saturated carbocycles. The summed E-state index contributed by atoms with van der Waals surface area (Å²) < 4.78 is 14.3. The molecule has 2 heterocycles. The number of aromatic nitrogens is 2. The number of unbranched alkanes of at least 4 members (excludes halogenated alkanes) is 1. The van der Waals surface area contributed by atoms with Gasteiger partial charge < -0.3 is 19.8 Å². The van der Waals surface area contributed by atoms with Crippen LogP contribution in [0.25, 0.3) is 5.57 Å². The van der Waals surface area contributed by atoms with E-state index in [0.717, 1.165) is 31.6 Å². The van der Waals surface area contributed by atoms with Gasteiger partial charge in [-0.05, 0) is 25.5 Å². The maximum absolute atomic E-state index is 9.10. The number of carboxylic acid groups (broad SMARTS) is 2. The maximum atomic E-state index is 9.10. The van der Waals surface area contributed by atoms with Gasteiger partial charge in [0.25, 0.3) is 5.88 Å². The van der Waals surface area contributed by atoms with E-state index < -0.39 is 11.9 Å². The minimum atomic E-state index is -1.82. The third-order valence-electron chi connectivity index (χ3n) is 3.23. The molecule has 0 atom stereocenters. The molecule has 1 aromatic rings. The zero-order chi connectivity index (χ0) is 18.7. The van der Waals surface area contributed by atoms with E-state index in [-0.39, 0.29) is 0 Å². The van der Waals surface area contributed by atoms with Crippen molar-refractivity contribution in [1.82, 2.24) is 13.6 Å². The van der Waals surface area contributed by atoms with E-state index >= 15 is 0 Å². The molecule has 138 valence electrons.